The first-order chi connectivity index (χ1) is 9.97. The Kier molecular flexibility index (Phi) is 4.70. The first kappa shape index (κ1) is 15.2. The maximum Gasteiger partial charge on any atom is 0.124 e. The highest BCUT2D eigenvalue weighted by Gasteiger charge is 2.14. The molecule has 1 atom stereocenters. The summed E-state index contributed by atoms with van der Waals surface area (Å²) in [7, 11) is 4.07. The topological polar surface area (TPSA) is 55.7 Å². The highest BCUT2D eigenvalue weighted by Crippen LogP contribution is 2.34. The summed E-state index contributed by atoms with van der Waals surface area (Å²) < 4.78 is 0. The zero-order valence-corrected chi connectivity index (χ0v) is 12.7. The maximum absolute atomic E-state index is 9.88. The number of nitrogens with one attached hydrogen (secondary N) is 1. The van der Waals surface area contributed by atoms with Gasteiger partial charge < -0.3 is 20.4 Å². The van der Waals surface area contributed by atoms with Crippen molar-refractivity contribution in [1.82, 2.24) is 4.90 Å². The van der Waals surface area contributed by atoms with Crippen molar-refractivity contribution < 1.29 is 10.2 Å². The van der Waals surface area contributed by atoms with Gasteiger partial charge in [0.1, 0.15) is 11.5 Å². The van der Waals surface area contributed by atoms with Gasteiger partial charge in [0, 0.05) is 12.2 Å². The van der Waals surface area contributed by atoms with Gasteiger partial charge in [-0.3, -0.25) is 0 Å². The van der Waals surface area contributed by atoms with E-state index in [9.17, 15) is 10.2 Å². The van der Waals surface area contributed by atoms with Crippen molar-refractivity contribution in [2.75, 3.05) is 19.4 Å². The van der Waals surface area contributed by atoms with E-state index in [-0.39, 0.29) is 17.5 Å². The van der Waals surface area contributed by atoms with Crippen molar-refractivity contribution in [3.63, 3.8) is 0 Å². The van der Waals surface area contributed by atoms with Crippen molar-refractivity contribution in [3.05, 3.63) is 53.6 Å². The molecule has 2 rings (SSSR count). The molecule has 0 heterocycles. The molecule has 4 nitrogen and oxygen atoms in total. The molecule has 0 amide bonds. The van der Waals surface area contributed by atoms with Crippen LogP contribution in [0.25, 0.3) is 0 Å². The minimum atomic E-state index is -0.189. The molecule has 112 valence electrons. The molecule has 21 heavy (non-hydrogen) atoms. The minimum absolute atomic E-state index is 0.0965. The van der Waals surface area contributed by atoms with Crippen molar-refractivity contribution in [1.29, 1.82) is 0 Å². The second kappa shape index (κ2) is 6.50. The van der Waals surface area contributed by atoms with E-state index in [1.165, 1.54) is 5.56 Å². The zero-order valence-electron chi connectivity index (χ0n) is 12.7. The monoisotopic (exact) mass is 286 g/mol. The van der Waals surface area contributed by atoms with E-state index in [0.29, 0.717) is 5.56 Å². The van der Waals surface area contributed by atoms with Crippen LogP contribution in [0.2, 0.25) is 0 Å². The van der Waals surface area contributed by atoms with E-state index in [0.717, 1.165) is 12.2 Å². The molecule has 0 fully saturated rings. The van der Waals surface area contributed by atoms with Gasteiger partial charge >= 0.3 is 0 Å². The van der Waals surface area contributed by atoms with Crippen LogP contribution >= 0.6 is 0 Å². The standard InChI is InChI=1S/C17H22N2O2/c1-12(17-15(20)5-4-6-16(17)21)18-14-9-7-13(8-10-14)11-19(2)3/h4-10,12,18,20-21H,11H2,1-3H3. The number of hydrogen-bond acceptors (Lipinski definition) is 4. The molecule has 0 spiro atoms. The van der Waals surface area contributed by atoms with Crippen LogP contribution < -0.4 is 5.32 Å². The molecule has 0 saturated heterocycles. The Morgan fingerprint density at radius 1 is 1.00 bits per heavy atom. The zero-order chi connectivity index (χ0) is 15.4. The lowest BCUT2D eigenvalue weighted by atomic mass is 10.1. The Morgan fingerprint density at radius 3 is 2.10 bits per heavy atom. The molecular formula is C17H22N2O2. The summed E-state index contributed by atoms with van der Waals surface area (Å²) >= 11 is 0. The Labute approximate surface area is 125 Å². The molecule has 2 aromatic rings. The van der Waals surface area contributed by atoms with Gasteiger partial charge in [-0.1, -0.05) is 18.2 Å². The van der Waals surface area contributed by atoms with Crippen LogP contribution in [-0.4, -0.2) is 29.2 Å². The van der Waals surface area contributed by atoms with Crippen LogP contribution in [0.3, 0.4) is 0 Å². The third kappa shape index (κ3) is 3.89. The van der Waals surface area contributed by atoms with E-state index < -0.39 is 0 Å². The molecule has 0 aliphatic rings. The highest BCUT2D eigenvalue weighted by atomic mass is 16.3. The summed E-state index contributed by atoms with van der Waals surface area (Å²) in [6.45, 7) is 2.80. The SMILES string of the molecule is CC(Nc1ccc(CN(C)C)cc1)c1c(O)cccc1O. The number of rotatable bonds is 5. The van der Waals surface area contributed by atoms with Crippen LogP contribution in [0.15, 0.2) is 42.5 Å². The van der Waals surface area contributed by atoms with E-state index in [1.807, 2.05) is 33.2 Å². The summed E-state index contributed by atoms with van der Waals surface area (Å²) in [5.74, 6) is 0.193. The van der Waals surface area contributed by atoms with E-state index in [4.69, 9.17) is 0 Å². The summed E-state index contributed by atoms with van der Waals surface area (Å²) in [5.41, 5.74) is 2.70. The molecule has 0 aromatic heterocycles. The van der Waals surface area contributed by atoms with Crippen LogP contribution in [0.4, 0.5) is 5.69 Å². The molecule has 1 unspecified atom stereocenters. The minimum Gasteiger partial charge on any atom is -0.507 e. The molecule has 2 aromatic carbocycles. The van der Waals surface area contributed by atoms with Crippen molar-refractivity contribution >= 4 is 5.69 Å². The number of phenols is 2. The van der Waals surface area contributed by atoms with E-state index in [1.54, 1.807) is 18.2 Å². The average Bonchev–Trinajstić information content (AvgIpc) is 2.40. The Balaban J connectivity index is 2.11. The molecule has 0 bridgehead atoms. The Bertz CT molecular complexity index is 574. The van der Waals surface area contributed by atoms with Crippen LogP contribution in [-0.2, 0) is 6.54 Å². The largest absolute Gasteiger partial charge is 0.507 e. The summed E-state index contributed by atoms with van der Waals surface area (Å²) in [4.78, 5) is 2.12. The van der Waals surface area contributed by atoms with Gasteiger partial charge in [0.05, 0.1) is 11.6 Å². The lowest BCUT2D eigenvalue weighted by molar-refractivity contribution is 0.402. The van der Waals surface area contributed by atoms with Crippen molar-refractivity contribution in [2.24, 2.45) is 0 Å². The summed E-state index contributed by atoms with van der Waals surface area (Å²) in [6, 6.07) is 12.7. The fourth-order valence-corrected chi connectivity index (χ4v) is 2.38. The van der Waals surface area contributed by atoms with Crippen LogP contribution in [0.5, 0.6) is 11.5 Å². The van der Waals surface area contributed by atoms with Crippen molar-refractivity contribution in [2.45, 2.75) is 19.5 Å². The number of benzene rings is 2. The van der Waals surface area contributed by atoms with Gasteiger partial charge in [-0.25, -0.2) is 0 Å². The first-order valence-electron chi connectivity index (χ1n) is 6.98. The number of aromatic hydroxyl groups is 2. The Morgan fingerprint density at radius 2 is 1.57 bits per heavy atom. The third-order valence-corrected chi connectivity index (χ3v) is 3.33. The quantitative estimate of drug-likeness (QED) is 0.789. The second-order valence-electron chi connectivity index (χ2n) is 5.51. The lowest BCUT2D eigenvalue weighted by Gasteiger charge is -2.18. The highest BCUT2D eigenvalue weighted by molar-refractivity contribution is 5.51. The molecule has 0 aliphatic carbocycles. The van der Waals surface area contributed by atoms with Gasteiger partial charge in [-0.15, -0.1) is 0 Å². The average molecular weight is 286 g/mol. The number of anilines is 1. The third-order valence-electron chi connectivity index (χ3n) is 3.33. The molecule has 0 radical (unpaired) electrons. The van der Waals surface area contributed by atoms with Gasteiger partial charge in [0.25, 0.3) is 0 Å². The Hall–Kier alpha value is -2.20. The lowest BCUT2D eigenvalue weighted by Crippen LogP contribution is -2.11. The van der Waals surface area contributed by atoms with Crippen LogP contribution in [0.1, 0.15) is 24.1 Å². The summed E-state index contributed by atoms with van der Waals surface area (Å²) in [5, 5.41) is 23.0. The fraction of sp³-hybridized carbons (Fsp3) is 0.294. The van der Waals surface area contributed by atoms with Gasteiger partial charge in [-0.2, -0.15) is 0 Å². The smallest absolute Gasteiger partial charge is 0.124 e. The number of nitrogens with zero attached hydrogens (tertiary/aromatic N) is 1. The fourth-order valence-electron chi connectivity index (χ4n) is 2.38. The van der Waals surface area contributed by atoms with Gasteiger partial charge in [0.15, 0.2) is 0 Å². The van der Waals surface area contributed by atoms with E-state index >= 15 is 0 Å². The normalized spacial score (nSPS) is 12.4. The maximum atomic E-state index is 9.88. The predicted molar refractivity (Wildman–Crippen MR) is 85.6 cm³/mol. The van der Waals surface area contributed by atoms with Gasteiger partial charge in [0.2, 0.25) is 0 Å². The molecular weight excluding hydrogens is 264 g/mol. The first-order valence-corrected chi connectivity index (χ1v) is 6.98. The molecule has 0 aliphatic heterocycles. The van der Waals surface area contributed by atoms with Crippen molar-refractivity contribution in [3.8, 4) is 11.5 Å². The summed E-state index contributed by atoms with van der Waals surface area (Å²) in [6.07, 6.45) is 0. The van der Waals surface area contributed by atoms with Gasteiger partial charge in [-0.05, 0) is 50.8 Å². The molecule has 3 N–H and O–H groups in total. The predicted octanol–water partition coefficient (Wildman–Crippen LogP) is 3.33. The van der Waals surface area contributed by atoms with E-state index in [2.05, 4.69) is 22.3 Å². The van der Waals surface area contributed by atoms with Crippen LogP contribution in [0, 0.1) is 0 Å². The molecule has 0 saturated carbocycles. The molecule has 4 heteroatoms. The number of phenolic OH excluding ortho intramolecular Hbond substituents is 2. The number of hydrogen-bond donors (Lipinski definition) is 3. The second-order valence-corrected chi connectivity index (χ2v) is 5.51.